The summed E-state index contributed by atoms with van der Waals surface area (Å²) in [6.45, 7) is 1.42. The number of benzene rings is 1. The fourth-order valence-corrected chi connectivity index (χ4v) is 2.33. The van der Waals surface area contributed by atoms with Gasteiger partial charge >= 0.3 is 0 Å². The number of carbonyl (C=O) groups excluding carboxylic acids is 1. The van der Waals surface area contributed by atoms with Crippen LogP contribution in [0, 0.1) is 0 Å². The second-order valence-corrected chi connectivity index (χ2v) is 4.48. The van der Waals surface area contributed by atoms with Crippen molar-refractivity contribution in [2.45, 2.75) is 25.0 Å². The highest BCUT2D eigenvalue weighted by Gasteiger charge is 2.28. The smallest absolute Gasteiger partial charge is 0.239 e. The van der Waals surface area contributed by atoms with Gasteiger partial charge in [-0.2, -0.15) is 0 Å². The van der Waals surface area contributed by atoms with Crippen molar-refractivity contribution in [1.29, 1.82) is 0 Å². The van der Waals surface area contributed by atoms with E-state index in [-0.39, 0.29) is 18.1 Å². The molecule has 0 aromatic heterocycles. The first-order chi connectivity index (χ1) is 8.18. The Balaban J connectivity index is 2.16. The third-order valence-electron chi connectivity index (χ3n) is 3.25. The van der Waals surface area contributed by atoms with E-state index in [1.54, 1.807) is 0 Å². The topological polar surface area (TPSA) is 66.6 Å². The summed E-state index contributed by atoms with van der Waals surface area (Å²) in [5.41, 5.74) is 6.42. The molecule has 0 aliphatic carbocycles. The molecule has 0 saturated carbocycles. The van der Waals surface area contributed by atoms with Crippen LogP contribution in [0.15, 0.2) is 30.3 Å². The van der Waals surface area contributed by atoms with Crippen LogP contribution >= 0.6 is 0 Å². The maximum atomic E-state index is 11.6. The molecule has 1 fully saturated rings. The number of rotatable bonds is 3. The largest absolute Gasteiger partial charge is 0.393 e. The summed E-state index contributed by atoms with van der Waals surface area (Å²) in [6.07, 6.45) is 1.17. The molecule has 3 N–H and O–H groups in total. The second kappa shape index (κ2) is 5.29. The number of hydrogen-bond acceptors (Lipinski definition) is 3. The molecule has 1 aromatic rings. The van der Waals surface area contributed by atoms with Crippen LogP contribution in [0.1, 0.15) is 24.4 Å². The minimum absolute atomic E-state index is 0.240. The third-order valence-corrected chi connectivity index (χ3v) is 3.25. The molecule has 1 amide bonds. The van der Waals surface area contributed by atoms with Crippen LogP contribution in [-0.4, -0.2) is 35.1 Å². The molecule has 2 rings (SSSR count). The highest BCUT2D eigenvalue weighted by Crippen LogP contribution is 2.24. The summed E-state index contributed by atoms with van der Waals surface area (Å²) in [5.74, 6) is -0.326. The van der Waals surface area contributed by atoms with Crippen molar-refractivity contribution in [2.24, 2.45) is 5.73 Å². The SMILES string of the molecule is NC(=O)C(c1ccccc1)N1CCC(O)CC1. The number of aliphatic hydroxyl groups is 1. The van der Waals surface area contributed by atoms with Gasteiger partial charge in [-0.25, -0.2) is 0 Å². The zero-order chi connectivity index (χ0) is 12.3. The zero-order valence-corrected chi connectivity index (χ0v) is 9.75. The van der Waals surface area contributed by atoms with Crippen molar-refractivity contribution in [3.8, 4) is 0 Å². The van der Waals surface area contributed by atoms with Gasteiger partial charge in [-0.05, 0) is 18.4 Å². The number of hydrogen-bond donors (Lipinski definition) is 2. The lowest BCUT2D eigenvalue weighted by molar-refractivity contribution is -0.124. The van der Waals surface area contributed by atoms with Crippen LogP contribution in [-0.2, 0) is 4.79 Å². The predicted octanol–water partition coefficient (Wildman–Crippen LogP) is 0.670. The van der Waals surface area contributed by atoms with Crippen molar-refractivity contribution in [3.05, 3.63) is 35.9 Å². The van der Waals surface area contributed by atoms with Gasteiger partial charge in [-0.1, -0.05) is 30.3 Å². The van der Waals surface area contributed by atoms with E-state index in [0.717, 1.165) is 5.56 Å². The first kappa shape index (κ1) is 12.1. The van der Waals surface area contributed by atoms with Gasteiger partial charge in [-0.15, -0.1) is 0 Å². The first-order valence-electron chi connectivity index (χ1n) is 5.95. The number of piperidine rings is 1. The van der Waals surface area contributed by atoms with Crippen molar-refractivity contribution in [1.82, 2.24) is 4.90 Å². The van der Waals surface area contributed by atoms with Crippen LogP contribution in [0.3, 0.4) is 0 Å². The Hall–Kier alpha value is -1.39. The number of likely N-dealkylation sites (tertiary alicyclic amines) is 1. The van der Waals surface area contributed by atoms with Gasteiger partial charge in [0, 0.05) is 13.1 Å². The van der Waals surface area contributed by atoms with E-state index in [1.807, 2.05) is 35.2 Å². The third kappa shape index (κ3) is 2.84. The van der Waals surface area contributed by atoms with E-state index < -0.39 is 0 Å². The summed E-state index contributed by atoms with van der Waals surface area (Å²) < 4.78 is 0. The highest BCUT2D eigenvalue weighted by atomic mass is 16.3. The van der Waals surface area contributed by atoms with Gasteiger partial charge in [-0.3, -0.25) is 9.69 Å². The quantitative estimate of drug-likeness (QED) is 0.807. The number of nitrogens with zero attached hydrogens (tertiary/aromatic N) is 1. The molecule has 4 heteroatoms. The monoisotopic (exact) mass is 234 g/mol. The van der Waals surface area contributed by atoms with Gasteiger partial charge < -0.3 is 10.8 Å². The lowest BCUT2D eigenvalue weighted by Gasteiger charge is -2.34. The van der Waals surface area contributed by atoms with Crippen molar-refractivity contribution in [2.75, 3.05) is 13.1 Å². The molecule has 92 valence electrons. The lowest BCUT2D eigenvalue weighted by atomic mass is 10.0. The van der Waals surface area contributed by atoms with Crippen molar-refractivity contribution >= 4 is 5.91 Å². The average molecular weight is 234 g/mol. The molecule has 17 heavy (non-hydrogen) atoms. The van der Waals surface area contributed by atoms with Crippen LogP contribution in [0.4, 0.5) is 0 Å². The van der Waals surface area contributed by atoms with Crippen molar-refractivity contribution < 1.29 is 9.90 Å². The Morgan fingerprint density at radius 3 is 2.41 bits per heavy atom. The van der Waals surface area contributed by atoms with Crippen LogP contribution in [0.25, 0.3) is 0 Å². The van der Waals surface area contributed by atoms with E-state index in [9.17, 15) is 9.90 Å². The summed E-state index contributed by atoms with van der Waals surface area (Å²) >= 11 is 0. The standard InChI is InChI=1S/C13H18N2O2/c14-13(17)12(10-4-2-1-3-5-10)15-8-6-11(16)7-9-15/h1-5,11-12,16H,6-9H2,(H2,14,17). The summed E-state index contributed by atoms with van der Waals surface area (Å²) in [4.78, 5) is 13.6. The molecule has 0 radical (unpaired) electrons. The van der Waals surface area contributed by atoms with Crippen LogP contribution in [0.5, 0.6) is 0 Å². The van der Waals surface area contributed by atoms with Gasteiger partial charge in [0.25, 0.3) is 0 Å². The van der Waals surface area contributed by atoms with Gasteiger partial charge in [0.15, 0.2) is 0 Å². The van der Waals surface area contributed by atoms with E-state index in [0.29, 0.717) is 25.9 Å². The van der Waals surface area contributed by atoms with Crippen LogP contribution in [0.2, 0.25) is 0 Å². The Morgan fingerprint density at radius 1 is 1.29 bits per heavy atom. The zero-order valence-electron chi connectivity index (χ0n) is 9.75. The lowest BCUT2D eigenvalue weighted by Crippen LogP contribution is -2.43. The normalized spacial score (nSPS) is 20.1. The molecule has 4 nitrogen and oxygen atoms in total. The van der Waals surface area contributed by atoms with Gasteiger partial charge in [0.2, 0.25) is 5.91 Å². The second-order valence-electron chi connectivity index (χ2n) is 4.48. The minimum atomic E-state index is -0.372. The maximum Gasteiger partial charge on any atom is 0.239 e. The van der Waals surface area contributed by atoms with E-state index in [1.165, 1.54) is 0 Å². The molecule has 1 heterocycles. The van der Waals surface area contributed by atoms with E-state index in [4.69, 9.17) is 5.73 Å². The number of amides is 1. The average Bonchev–Trinajstić information content (AvgIpc) is 2.33. The Morgan fingerprint density at radius 2 is 1.88 bits per heavy atom. The summed E-state index contributed by atoms with van der Waals surface area (Å²) in [6, 6.07) is 9.19. The highest BCUT2D eigenvalue weighted by molar-refractivity contribution is 5.81. The molecule has 0 bridgehead atoms. The Kier molecular flexibility index (Phi) is 3.76. The van der Waals surface area contributed by atoms with Gasteiger partial charge in [0.05, 0.1) is 6.10 Å². The number of nitrogens with two attached hydrogens (primary N) is 1. The summed E-state index contributed by atoms with van der Waals surface area (Å²) in [7, 11) is 0. The van der Waals surface area contributed by atoms with Crippen molar-refractivity contribution in [3.63, 3.8) is 0 Å². The Labute approximate surface area is 101 Å². The molecule has 0 spiro atoms. The van der Waals surface area contributed by atoms with E-state index in [2.05, 4.69) is 0 Å². The molecular formula is C13H18N2O2. The number of aliphatic hydroxyl groups excluding tert-OH is 1. The number of primary amides is 1. The number of carbonyl (C=O) groups is 1. The molecular weight excluding hydrogens is 216 g/mol. The summed E-state index contributed by atoms with van der Waals surface area (Å²) in [5, 5.41) is 9.48. The van der Waals surface area contributed by atoms with E-state index >= 15 is 0 Å². The molecule has 1 atom stereocenters. The van der Waals surface area contributed by atoms with Crippen LogP contribution < -0.4 is 5.73 Å². The first-order valence-corrected chi connectivity index (χ1v) is 5.95. The molecule has 1 aromatic carbocycles. The molecule has 1 unspecified atom stereocenters. The minimum Gasteiger partial charge on any atom is -0.393 e. The molecule has 1 aliphatic heterocycles. The molecule has 1 aliphatic rings. The Bertz CT molecular complexity index is 372. The van der Waals surface area contributed by atoms with Gasteiger partial charge in [0.1, 0.15) is 6.04 Å². The fraction of sp³-hybridized carbons (Fsp3) is 0.462. The predicted molar refractivity (Wildman–Crippen MR) is 65.2 cm³/mol. The molecule has 1 saturated heterocycles. The fourth-order valence-electron chi connectivity index (χ4n) is 2.33. The maximum absolute atomic E-state index is 11.6.